The summed E-state index contributed by atoms with van der Waals surface area (Å²) in [4.78, 5) is 0. The molecule has 0 radical (unpaired) electrons. The second-order valence-corrected chi connectivity index (χ2v) is 5.03. The van der Waals surface area contributed by atoms with Crippen LogP contribution in [0.5, 0.6) is 0 Å². The fraction of sp³-hybridized carbons (Fsp3) is 0.571. The van der Waals surface area contributed by atoms with Crippen molar-refractivity contribution in [1.82, 2.24) is 5.32 Å². The van der Waals surface area contributed by atoms with Crippen molar-refractivity contribution in [2.24, 2.45) is 5.92 Å². The maximum absolute atomic E-state index is 10.2. The minimum Gasteiger partial charge on any atom is -0.466 e. The average Bonchev–Trinajstić information content (AvgIpc) is 2.84. The van der Waals surface area contributed by atoms with Gasteiger partial charge in [0.25, 0.3) is 0 Å². The number of hydrogen-bond acceptors (Lipinski definition) is 3. The van der Waals surface area contributed by atoms with Crippen molar-refractivity contribution in [1.29, 1.82) is 0 Å². The van der Waals surface area contributed by atoms with Gasteiger partial charge in [-0.25, -0.2) is 0 Å². The third-order valence-corrected chi connectivity index (χ3v) is 3.33. The normalized spacial score (nSPS) is 23.5. The molecule has 0 spiro atoms. The van der Waals surface area contributed by atoms with Crippen molar-refractivity contribution in [3.8, 4) is 0 Å². The van der Waals surface area contributed by atoms with E-state index in [1.54, 1.807) is 19.3 Å². The van der Waals surface area contributed by atoms with E-state index in [0.29, 0.717) is 18.2 Å². The number of hydrogen-bond donors (Lipinski definition) is 2. The first kappa shape index (κ1) is 12.4. The van der Waals surface area contributed by atoms with Crippen molar-refractivity contribution < 1.29 is 9.52 Å². The molecule has 0 amide bonds. The Morgan fingerprint density at radius 2 is 2.41 bits per heavy atom. The van der Waals surface area contributed by atoms with E-state index in [1.807, 2.05) is 6.07 Å². The molecule has 0 saturated carbocycles. The van der Waals surface area contributed by atoms with E-state index in [0.717, 1.165) is 13.0 Å². The van der Waals surface area contributed by atoms with Gasteiger partial charge in [0, 0.05) is 6.54 Å². The summed E-state index contributed by atoms with van der Waals surface area (Å²) in [7, 11) is 0. The Hall–Kier alpha value is -1.06. The van der Waals surface area contributed by atoms with Crippen molar-refractivity contribution in [2.45, 2.75) is 31.8 Å². The van der Waals surface area contributed by atoms with E-state index in [4.69, 9.17) is 4.42 Å². The summed E-state index contributed by atoms with van der Waals surface area (Å²) in [5.41, 5.74) is -0.923. The first-order chi connectivity index (χ1) is 8.18. The Morgan fingerprint density at radius 1 is 1.53 bits per heavy atom. The Morgan fingerprint density at radius 3 is 3.06 bits per heavy atom. The molecule has 1 aliphatic rings. The van der Waals surface area contributed by atoms with Gasteiger partial charge < -0.3 is 14.8 Å². The SMILES string of the molecule is CC(O)(CNCC1CC=CCC1)c1ccco1. The Balaban J connectivity index is 1.76. The van der Waals surface area contributed by atoms with Gasteiger partial charge in [-0.2, -0.15) is 0 Å². The highest BCUT2D eigenvalue weighted by molar-refractivity contribution is 5.08. The van der Waals surface area contributed by atoms with E-state index < -0.39 is 5.60 Å². The fourth-order valence-electron chi connectivity index (χ4n) is 2.23. The molecule has 1 aromatic heterocycles. The summed E-state index contributed by atoms with van der Waals surface area (Å²) < 4.78 is 5.24. The summed E-state index contributed by atoms with van der Waals surface area (Å²) >= 11 is 0. The van der Waals surface area contributed by atoms with Gasteiger partial charge in [0.2, 0.25) is 0 Å². The molecule has 0 fully saturated rings. The molecule has 2 rings (SSSR count). The molecule has 94 valence electrons. The van der Waals surface area contributed by atoms with Crippen LogP contribution in [0.25, 0.3) is 0 Å². The van der Waals surface area contributed by atoms with Crippen LogP contribution >= 0.6 is 0 Å². The molecule has 3 nitrogen and oxygen atoms in total. The maximum Gasteiger partial charge on any atom is 0.136 e. The zero-order valence-electron chi connectivity index (χ0n) is 10.4. The van der Waals surface area contributed by atoms with Gasteiger partial charge in [0.05, 0.1) is 6.26 Å². The van der Waals surface area contributed by atoms with E-state index >= 15 is 0 Å². The molecule has 1 aliphatic carbocycles. The van der Waals surface area contributed by atoms with Crippen LogP contribution in [0.2, 0.25) is 0 Å². The van der Waals surface area contributed by atoms with Crippen LogP contribution < -0.4 is 5.32 Å². The lowest BCUT2D eigenvalue weighted by molar-refractivity contribution is 0.0334. The van der Waals surface area contributed by atoms with E-state index in [-0.39, 0.29) is 0 Å². The molecule has 2 atom stereocenters. The predicted octanol–water partition coefficient (Wildman–Crippen LogP) is 2.43. The molecule has 0 aromatic carbocycles. The average molecular weight is 235 g/mol. The summed E-state index contributed by atoms with van der Waals surface area (Å²) in [6.07, 6.45) is 9.66. The summed E-state index contributed by atoms with van der Waals surface area (Å²) in [6, 6.07) is 3.61. The second kappa shape index (κ2) is 5.52. The largest absolute Gasteiger partial charge is 0.466 e. The molecule has 2 N–H and O–H groups in total. The molecular formula is C14H21NO2. The zero-order chi connectivity index (χ0) is 12.1. The maximum atomic E-state index is 10.2. The van der Waals surface area contributed by atoms with Crippen molar-refractivity contribution in [3.05, 3.63) is 36.3 Å². The zero-order valence-corrected chi connectivity index (χ0v) is 10.4. The topological polar surface area (TPSA) is 45.4 Å². The molecule has 2 unspecified atom stereocenters. The monoisotopic (exact) mass is 235 g/mol. The molecule has 1 aromatic rings. The highest BCUT2D eigenvalue weighted by Crippen LogP contribution is 2.21. The molecule has 0 aliphatic heterocycles. The standard InChI is InChI=1S/C14H21NO2/c1-14(16,13-8-5-9-17-13)11-15-10-12-6-3-2-4-7-12/h2-3,5,8-9,12,15-16H,4,6-7,10-11H2,1H3. The van der Waals surface area contributed by atoms with Gasteiger partial charge in [0.1, 0.15) is 11.4 Å². The van der Waals surface area contributed by atoms with Crippen molar-refractivity contribution in [3.63, 3.8) is 0 Å². The molecule has 0 saturated heterocycles. The van der Waals surface area contributed by atoms with Crippen LogP contribution in [-0.2, 0) is 5.60 Å². The summed E-state index contributed by atoms with van der Waals surface area (Å²) in [5, 5.41) is 13.6. The van der Waals surface area contributed by atoms with Crippen LogP contribution in [0.15, 0.2) is 35.0 Å². The highest BCUT2D eigenvalue weighted by atomic mass is 16.4. The van der Waals surface area contributed by atoms with Gasteiger partial charge >= 0.3 is 0 Å². The first-order valence-corrected chi connectivity index (χ1v) is 6.30. The van der Waals surface area contributed by atoms with E-state index in [2.05, 4.69) is 17.5 Å². The summed E-state index contributed by atoms with van der Waals surface area (Å²) in [5.74, 6) is 1.32. The first-order valence-electron chi connectivity index (χ1n) is 6.30. The highest BCUT2D eigenvalue weighted by Gasteiger charge is 2.25. The van der Waals surface area contributed by atoms with Gasteiger partial charge in [-0.05, 0) is 50.8 Å². The third kappa shape index (κ3) is 3.45. The lowest BCUT2D eigenvalue weighted by atomic mass is 9.94. The molecule has 1 heterocycles. The minimum atomic E-state index is -0.923. The molecular weight excluding hydrogens is 214 g/mol. The number of allylic oxidation sites excluding steroid dienone is 2. The number of furan rings is 1. The van der Waals surface area contributed by atoms with Gasteiger partial charge in [0.15, 0.2) is 0 Å². The van der Waals surface area contributed by atoms with Crippen LogP contribution in [0.4, 0.5) is 0 Å². The third-order valence-electron chi connectivity index (χ3n) is 3.33. The van der Waals surface area contributed by atoms with Gasteiger partial charge in [-0.1, -0.05) is 12.2 Å². The van der Waals surface area contributed by atoms with Crippen LogP contribution in [0.3, 0.4) is 0 Å². The molecule has 17 heavy (non-hydrogen) atoms. The minimum absolute atomic E-state index is 0.528. The van der Waals surface area contributed by atoms with Gasteiger partial charge in [-0.3, -0.25) is 0 Å². The second-order valence-electron chi connectivity index (χ2n) is 5.03. The predicted molar refractivity (Wildman–Crippen MR) is 67.6 cm³/mol. The van der Waals surface area contributed by atoms with Crippen LogP contribution in [-0.4, -0.2) is 18.2 Å². The van der Waals surface area contributed by atoms with Gasteiger partial charge in [-0.15, -0.1) is 0 Å². The number of aliphatic hydroxyl groups is 1. The quantitative estimate of drug-likeness (QED) is 0.770. The van der Waals surface area contributed by atoms with Crippen molar-refractivity contribution in [2.75, 3.05) is 13.1 Å². The van der Waals surface area contributed by atoms with Crippen molar-refractivity contribution >= 4 is 0 Å². The summed E-state index contributed by atoms with van der Waals surface area (Å²) in [6.45, 7) is 3.27. The Labute approximate surface area is 103 Å². The Bertz CT molecular complexity index is 354. The lowest BCUT2D eigenvalue weighted by Crippen LogP contribution is -2.37. The Kier molecular flexibility index (Phi) is 4.02. The van der Waals surface area contributed by atoms with E-state index in [9.17, 15) is 5.11 Å². The lowest BCUT2D eigenvalue weighted by Gasteiger charge is -2.24. The molecule has 0 bridgehead atoms. The van der Waals surface area contributed by atoms with E-state index in [1.165, 1.54) is 12.8 Å². The van der Waals surface area contributed by atoms with Crippen LogP contribution in [0.1, 0.15) is 31.9 Å². The number of rotatable bonds is 5. The number of nitrogens with one attached hydrogen (secondary N) is 1. The smallest absolute Gasteiger partial charge is 0.136 e. The fourth-order valence-corrected chi connectivity index (χ4v) is 2.23. The van der Waals surface area contributed by atoms with Crippen LogP contribution in [0, 0.1) is 5.92 Å². The molecule has 3 heteroatoms.